The summed E-state index contributed by atoms with van der Waals surface area (Å²) in [6, 6.07) is 5.30. The molecule has 112 valence electrons. The zero-order chi connectivity index (χ0) is 15.5. The normalized spacial score (nSPS) is 13.2. The molecule has 1 rings (SSSR count). The summed E-state index contributed by atoms with van der Waals surface area (Å²) >= 11 is 0. The number of methoxy groups -OCH3 is 1. The van der Waals surface area contributed by atoms with Crippen LogP contribution in [0.25, 0.3) is 0 Å². The van der Waals surface area contributed by atoms with E-state index in [-0.39, 0.29) is 17.2 Å². The molecule has 4 nitrogen and oxygen atoms in total. The average Bonchev–Trinajstić information content (AvgIpc) is 2.36. The number of benzene rings is 1. The summed E-state index contributed by atoms with van der Waals surface area (Å²) in [7, 11) is 1.59. The Balaban J connectivity index is 3.06. The minimum atomic E-state index is -0.530. The van der Waals surface area contributed by atoms with Gasteiger partial charge in [-0.1, -0.05) is 40.7 Å². The second kappa shape index (κ2) is 6.27. The molecule has 0 aliphatic rings. The Labute approximate surface area is 121 Å². The fraction of sp³-hybridized carbons (Fsp3) is 0.562. The van der Waals surface area contributed by atoms with Crippen molar-refractivity contribution in [3.8, 4) is 5.75 Å². The molecule has 1 amide bonds. The topological polar surface area (TPSA) is 64.3 Å². The molecule has 3 N–H and O–H groups in total. The van der Waals surface area contributed by atoms with Gasteiger partial charge in [-0.3, -0.25) is 4.79 Å². The van der Waals surface area contributed by atoms with Crippen molar-refractivity contribution >= 4 is 11.6 Å². The minimum absolute atomic E-state index is 0.00587. The molecule has 1 aromatic carbocycles. The molecule has 0 aliphatic heterocycles. The average molecular weight is 278 g/mol. The molecule has 20 heavy (non-hydrogen) atoms. The number of hydrogen-bond acceptors (Lipinski definition) is 3. The van der Waals surface area contributed by atoms with Crippen LogP contribution in [0.3, 0.4) is 0 Å². The summed E-state index contributed by atoms with van der Waals surface area (Å²) < 4.78 is 5.30. The number of amides is 1. The molecule has 1 unspecified atom stereocenters. The van der Waals surface area contributed by atoms with Crippen molar-refractivity contribution in [2.24, 2.45) is 11.7 Å². The van der Waals surface area contributed by atoms with Crippen molar-refractivity contribution in [2.75, 3.05) is 12.4 Å². The van der Waals surface area contributed by atoms with Gasteiger partial charge in [0.15, 0.2) is 0 Å². The largest absolute Gasteiger partial charge is 0.495 e. The molecule has 0 radical (unpaired) electrons. The van der Waals surface area contributed by atoms with Gasteiger partial charge in [-0.15, -0.1) is 0 Å². The highest BCUT2D eigenvalue weighted by Gasteiger charge is 2.20. The summed E-state index contributed by atoms with van der Waals surface area (Å²) in [6.07, 6.45) is 0. The fourth-order valence-corrected chi connectivity index (χ4v) is 1.79. The van der Waals surface area contributed by atoms with E-state index in [2.05, 4.69) is 26.1 Å². The van der Waals surface area contributed by atoms with Gasteiger partial charge in [-0.05, 0) is 29.0 Å². The van der Waals surface area contributed by atoms with Gasteiger partial charge in [0.1, 0.15) is 5.75 Å². The van der Waals surface area contributed by atoms with Crippen LogP contribution in [0.5, 0.6) is 5.75 Å². The molecule has 0 saturated carbocycles. The first kappa shape index (κ1) is 16.5. The van der Waals surface area contributed by atoms with Gasteiger partial charge in [0.25, 0.3) is 0 Å². The van der Waals surface area contributed by atoms with Crippen LogP contribution in [-0.2, 0) is 10.2 Å². The molecular weight excluding hydrogens is 252 g/mol. The number of ether oxygens (including phenoxy) is 1. The third-order valence-electron chi connectivity index (χ3n) is 3.34. The lowest BCUT2D eigenvalue weighted by atomic mass is 9.86. The SMILES string of the molecule is COc1ccc(C(C)(C)C)cc1NC(=O)C(N)C(C)C. The van der Waals surface area contributed by atoms with Crippen LogP contribution >= 0.6 is 0 Å². The molecular formula is C16H26N2O2. The van der Waals surface area contributed by atoms with E-state index < -0.39 is 6.04 Å². The predicted molar refractivity (Wildman–Crippen MR) is 83.1 cm³/mol. The van der Waals surface area contributed by atoms with Crippen molar-refractivity contribution in [3.63, 3.8) is 0 Å². The van der Waals surface area contributed by atoms with E-state index in [1.807, 2.05) is 32.0 Å². The van der Waals surface area contributed by atoms with Crippen LogP contribution < -0.4 is 15.8 Å². The van der Waals surface area contributed by atoms with E-state index in [1.54, 1.807) is 7.11 Å². The number of anilines is 1. The molecule has 0 spiro atoms. The van der Waals surface area contributed by atoms with Crippen LogP contribution in [0.4, 0.5) is 5.69 Å². The standard InChI is InChI=1S/C16H26N2O2/c1-10(2)14(17)15(19)18-12-9-11(16(3,4)5)7-8-13(12)20-6/h7-10,14H,17H2,1-6H3,(H,18,19). The van der Waals surface area contributed by atoms with Crippen LogP contribution in [-0.4, -0.2) is 19.1 Å². The molecule has 4 heteroatoms. The van der Waals surface area contributed by atoms with E-state index in [1.165, 1.54) is 0 Å². The molecule has 0 saturated heterocycles. The Morgan fingerprint density at radius 2 is 1.90 bits per heavy atom. The fourth-order valence-electron chi connectivity index (χ4n) is 1.79. The number of carbonyl (C=O) groups is 1. The lowest BCUT2D eigenvalue weighted by Crippen LogP contribution is -2.39. The molecule has 0 fully saturated rings. The number of nitrogens with two attached hydrogens (primary N) is 1. The molecule has 1 aromatic rings. The van der Waals surface area contributed by atoms with E-state index in [0.717, 1.165) is 5.56 Å². The highest BCUT2D eigenvalue weighted by atomic mass is 16.5. The van der Waals surface area contributed by atoms with Crippen LogP contribution in [0.2, 0.25) is 0 Å². The molecule has 0 aromatic heterocycles. The highest BCUT2D eigenvalue weighted by molar-refractivity contribution is 5.96. The lowest BCUT2D eigenvalue weighted by Gasteiger charge is -2.22. The van der Waals surface area contributed by atoms with Crippen LogP contribution in [0.15, 0.2) is 18.2 Å². The number of rotatable bonds is 4. The Morgan fingerprint density at radius 3 is 2.35 bits per heavy atom. The third-order valence-corrected chi connectivity index (χ3v) is 3.34. The maximum Gasteiger partial charge on any atom is 0.241 e. The van der Waals surface area contributed by atoms with Crippen molar-refractivity contribution < 1.29 is 9.53 Å². The molecule has 1 atom stereocenters. The first-order chi connectivity index (χ1) is 9.16. The van der Waals surface area contributed by atoms with E-state index in [4.69, 9.17) is 10.5 Å². The van der Waals surface area contributed by atoms with Crippen LogP contribution in [0.1, 0.15) is 40.2 Å². The van der Waals surface area contributed by atoms with Gasteiger partial charge in [0.2, 0.25) is 5.91 Å². The van der Waals surface area contributed by atoms with E-state index in [0.29, 0.717) is 11.4 Å². The molecule has 0 bridgehead atoms. The zero-order valence-corrected chi connectivity index (χ0v) is 13.3. The van der Waals surface area contributed by atoms with Crippen LogP contribution in [0, 0.1) is 5.92 Å². The van der Waals surface area contributed by atoms with Gasteiger partial charge in [0, 0.05) is 0 Å². The quantitative estimate of drug-likeness (QED) is 0.890. The Hall–Kier alpha value is -1.55. The van der Waals surface area contributed by atoms with Crippen molar-refractivity contribution in [3.05, 3.63) is 23.8 Å². The highest BCUT2D eigenvalue weighted by Crippen LogP contribution is 2.31. The Morgan fingerprint density at radius 1 is 1.30 bits per heavy atom. The summed E-state index contributed by atoms with van der Waals surface area (Å²) in [5, 5.41) is 2.87. The summed E-state index contributed by atoms with van der Waals surface area (Å²) in [6.45, 7) is 10.2. The van der Waals surface area contributed by atoms with Gasteiger partial charge in [0.05, 0.1) is 18.8 Å². The van der Waals surface area contributed by atoms with Gasteiger partial charge >= 0.3 is 0 Å². The number of nitrogens with one attached hydrogen (secondary N) is 1. The van der Waals surface area contributed by atoms with Gasteiger partial charge < -0.3 is 15.8 Å². The summed E-state index contributed by atoms with van der Waals surface area (Å²) in [5.74, 6) is 0.540. The maximum atomic E-state index is 12.1. The second-order valence-electron chi connectivity index (χ2n) is 6.42. The first-order valence-corrected chi connectivity index (χ1v) is 6.91. The van der Waals surface area contributed by atoms with Gasteiger partial charge in [-0.2, -0.15) is 0 Å². The third kappa shape index (κ3) is 3.97. The maximum absolute atomic E-state index is 12.1. The number of carbonyl (C=O) groups excluding carboxylic acids is 1. The lowest BCUT2D eigenvalue weighted by molar-refractivity contribution is -0.118. The Kier molecular flexibility index (Phi) is 5.17. The smallest absolute Gasteiger partial charge is 0.241 e. The first-order valence-electron chi connectivity index (χ1n) is 6.91. The van der Waals surface area contributed by atoms with Crippen molar-refractivity contribution in [1.29, 1.82) is 0 Å². The Bertz CT molecular complexity index is 476. The summed E-state index contributed by atoms with van der Waals surface area (Å²) in [5.41, 5.74) is 7.68. The predicted octanol–water partition coefficient (Wildman–Crippen LogP) is 2.91. The van der Waals surface area contributed by atoms with Crippen molar-refractivity contribution in [2.45, 2.75) is 46.1 Å². The number of hydrogen-bond donors (Lipinski definition) is 2. The zero-order valence-electron chi connectivity index (χ0n) is 13.3. The minimum Gasteiger partial charge on any atom is -0.495 e. The molecule has 0 heterocycles. The second-order valence-corrected chi connectivity index (χ2v) is 6.42. The van der Waals surface area contributed by atoms with Gasteiger partial charge in [-0.25, -0.2) is 0 Å². The van der Waals surface area contributed by atoms with E-state index >= 15 is 0 Å². The van der Waals surface area contributed by atoms with Crippen molar-refractivity contribution in [1.82, 2.24) is 0 Å². The molecule has 0 aliphatic carbocycles. The monoisotopic (exact) mass is 278 g/mol. The van der Waals surface area contributed by atoms with E-state index in [9.17, 15) is 4.79 Å². The summed E-state index contributed by atoms with van der Waals surface area (Å²) in [4.78, 5) is 12.1.